The summed E-state index contributed by atoms with van der Waals surface area (Å²) in [5, 5.41) is 2.65. The molecule has 1 rings (SSSR count). The van der Waals surface area contributed by atoms with E-state index in [-0.39, 0.29) is 23.6 Å². The molecule has 0 aromatic heterocycles. The lowest BCUT2D eigenvalue weighted by atomic mass is 10.0. The average Bonchev–Trinajstić information content (AvgIpc) is 2.28. The standard InChI is InChI=1S/C11H22N2O4S/c1-11(2,3)17-10(14)13-9-5-7-18(15,16)6-4-8(9)12/h8-9H,4-7,12H2,1-3H3,(H,13,14)/t8-,9-/m1/s1. The second kappa shape index (κ2) is 5.44. The maximum Gasteiger partial charge on any atom is 0.407 e. The summed E-state index contributed by atoms with van der Waals surface area (Å²) in [4.78, 5) is 11.6. The van der Waals surface area contributed by atoms with Crippen molar-refractivity contribution >= 4 is 15.9 Å². The number of sulfone groups is 1. The molecular weight excluding hydrogens is 256 g/mol. The first-order valence-electron chi connectivity index (χ1n) is 6.04. The Balaban J connectivity index is 2.58. The largest absolute Gasteiger partial charge is 0.444 e. The molecule has 3 N–H and O–H groups in total. The second-order valence-electron chi connectivity index (χ2n) is 5.65. The molecule has 0 aromatic carbocycles. The molecular formula is C11H22N2O4S. The molecule has 0 aliphatic carbocycles. The van der Waals surface area contributed by atoms with E-state index < -0.39 is 21.5 Å². The maximum atomic E-state index is 11.6. The average molecular weight is 278 g/mol. The van der Waals surface area contributed by atoms with Crippen LogP contribution < -0.4 is 11.1 Å². The van der Waals surface area contributed by atoms with Crippen LogP contribution in [0.5, 0.6) is 0 Å². The van der Waals surface area contributed by atoms with Crippen molar-refractivity contribution in [1.82, 2.24) is 5.32 Å². The van der Waals surface area contributed by atoms with Crippen molar-refractivity contribution in [3.63, 3.8) is 0 Å². The Morgan fingerprint density at radius 2 is 1.83 bits per heavy atom. The zero-order valence-electron chi connectivity index (χ0n) is 11.1. The number of alkyl carbamates (subject to hydrolysis) is 1. The molecule has 0 unspecified atom stereocenters. The Hall–Kier alpha value is -0.820. The summed E-state index contributed by atoms with van der Waals surface area (Å²) in [7, 11) is -3.03. The van der Waals surface area contributed by atoms with Crippen molar-refractivity contribution in [2.75, 3.05) is 11.5 Å². The monoisotopic (exact) mass is 278 g/mol. The predicted octanol–water partition coefficient (Wildman–Crippen LogP) is 0.416. The molecule has 1 fully saturated rings. The highest BCUT2D eigenvalue weighted by Crippen LogP contribution is 2.13. The van der Waals surface area contributed by atoms with Gasteiger partial charge in [0, 0.05) is 12.1 Å². The number of hydrogen-bond donors (Lipinski definition) is 2. The van der Waals surface area contributed by atoms with Crippen molar-refractivity contribution in [3.05, 3.63) is 0 Å². The summed E-state index contributed by atoms with van der Waals surface area (Å²) in [6, 6.07) is -0.702. The maximum absolute atomic E-state index is 11.6. The predicted molar refractivity (Wildman–Crippen MR) is 69.0 cm³/mol. The minimum Gasteiger partial charge on any atom is -0.444 e. The molecule has 1 heterocycles. The molecule has 0 spiro atoms. The van der Waals surface area contributed by atoms with Crippen LogP contribution in [0.1, 0.15) is 33.6 Å². The van der Waals surface area contributed by atoms with Crippen molar-refractivity contribution in [2.24, 2.45) is 5.73 Å². The first-order valence-corrected chi connectivity index (χ1v) is 7.87. The highest BCUT2D eigenvalue weighted by molar-refractivity contribution is 7.91. The smallest absolute Gasteiger partial charge is 0.407 e. The highest BCUT2D eigenvalue weighted by Gasteiger charge is 2.29. The van der Waals surface area contributed by atoms with E-state index in [4.69, 9.17) is 10.5 Å². The first-order chi connectivity index (χ1) is 8.09. The Labute approximate surface area is 108 Å². The van der Waals surface area contributed by atoms with Gasteiger partial charge in [-0.05, 0) is 33.6 Å². The third-order valence-electron chi connectivity index (χ3n) is 2.72. The van der Waals surface area contributed by atoms with E-state index in [1.807, 2.05) is 0 Å². The molecule has 6 nitrogen and oxygen atoms in total. The van der Waals surface area contributed by atoms with E-state index in [1.54, 1.807) is 20.8 Å². The molecule has 0 saturated carbocycles. The van der Waals surface area contributed by atoms with Gasteiger partial charge in [0.25, 0.3) is 0 Å². The molecule has 18 heavy (non-hydrogen) atoms. The fourth-order valence-electron chi connectivity index (χ4n) is 1.78. The molecule has 1 saturated heterocycles. The van der Waals surface area contributed by atoms with Gasteiger partial charge in [-0.1, -0.05) is 0 Å². The summed E-state index contributed by atoms with van der Waals surface area (Å²) in [5.74, 6) is 0.141. The number of amides is 1. The van der Waals surface area contributed by atoms with Crippen LogP contribution in [-0.4, -0.2) is 43.7 Å². The summed E-state index contributed by atoms with van der Waals surface area (Å²) in [5.41, 5.74) is 5.30. The van der Waals surface area contributed by atoms with Gasteiger partial charge < -0.3 is 15.8 Å². The van der Waals surface area contributed by atoms with Crippen molar-refractivity contribution in [1.29, 1.82) is 0 Å². The summed E-state index contributed by atoms with van der Waals surface area (Å²) >= 11 is 0. The number of carbonyl (C=O) groups excluding carboxylic acids is 1. The fourth-order valence-corrected chi connectivity index (χ4v) is 3.23. The minimum atomic E-state index is -3.03. The minimum absolute atomic E-state index is 0.0567. The molecule has 106 valence electrons. The van der Waals surface area contributed by atoms with E-state index in [0.29, 0.717) is 12.8 Å². The zero-order chi connectivity index (χ0) is 14.0. The number of nitrogens with two attached hydrogens (primary N) is 1. The van der Waals surface area contributed by atoms with Crippen molar-refractivity contribution in [2.45, 2.75) is 51.3 Å². The number of hydrogen-bond acceptors (Lipinski definition) is 5. The SMILES string of the molecule is CC(C)(C)OC(=O)N[C@@H]1CCS(=O)(=O)CC[C@H]1N. The summed E-state index contributed by atoms with van der Waals surface area (Å²) in [6.45, 7) is 5.30. The van der Waals surface area contributed by atoms with Gasteiger partial charge in [-0.3, -0.25) is 0 Å². The van der Waals surface area contributed by atoms with E-state index in [2.05, 4.69) is 5.32 Å². The van der Waals surface area contributed by atoms with Gasteiger partial charge in [-0.2, -0.15) is 0 Å². The molecule has 1 aliphatic rings. The molecule has 1 amide bonds. The van der Waals surface area contributed by atoms with E-state index in [1.165, 1.54) is 0 Å². The number of rotatable bonds is 1. The second-order valence-corrected chi connectivity index (χ2v) is 7.95. The van der Waals surface area contributed by atoms with Crippen LogP contribution in [0.15, 0.2) is 0 Å². The zero-order valence-corrected chi connectivity index (χ0v) is 11.9. The van der Waals surface area contributed by atoms with Gasteiger partial charge in [0.1, 0.15) is 15.4 Å². The van der Waals surface area contributed by atoms with Crippen LogP contribution in [0.3, 0.4) is 0 Å². The highest BCUT2D eigenvalue weighted by atomic mass is 32.2. The molecule has 0 radical (unpaired) electrons. The van der Waals surface area contributed by atoms with Crippen LogP contribution in [0.4, 0.5) is 4.79 Å². The Morgan fingerprint density at radius 1 is 1.28 bits per heavy atom. The topological polar surface area (TPSA) is 98.5 Å². The van der Waals surface area contributed by atoms with Gasteiger partial charge in [-0.25, -0.2) is 13.2 Å². The molecule has 0 aromatic rings. The van der Waals surface area contributed by atoms with Gasteiger partial charge in [0.15, 0.2) is 0 Å². The lowest BCUT2D eigenvalue weighted by Crippen LogP contribution is -2.48. The number of nitrogens with one attached hydrogen (secondary N) is 1. The van der Waals surface area contributed by atoms with E-state index >= 15 is 0 Å². The first kappa shape index (κ1) is 15.2. The Morgan fingerprint density at radius 3 is 2.39 bits per heavy atom. The Bertz CT molecular complexity index is 400. The van der Waals surface area contributed by atoms with E-state index in [9.17, 15) is 13.2 Å². The fraction of sp³-hybridized carbons (Fsp3) is 0.909. The van der Waals surface area contributed by atoms with Crippen LogP contribution in [0.25, 0.3) is 0 Å². The molecule has 1 aliphatic heterocycles. The lowest BCUT2D eigenvalue weighted by molar-refractivity contribution is 0.0495. The Kier molecular flexibility index (Phi) is 4.61. The number of carbonyl (C=O) groups is 1. The summed E-state index contributed by atoms with van der Waals surface area (Å²) < 4.78 is 28.1. The van der Waals surface area contributed by atoms with Crippen molar-refractivity contribution < 1.29 is 17.9 Å². The lowest BCUT2D eigenvalue weighted by Gasteiger charge is -2.25. The van der Waals surface area contributed by atoms with Crippen LogP contribution in [0.2, 0.25) is 0 Å². The molecule has 2 atom stereocenters. The van der Waals surface area contributed by atoms with Gasteiger partial charge in [0.2, 0.25) is 0 Å². The van der Waals surface area contributed by atoms with E-state index in [0.717, 1.165) is 0 Å². The van der Waals surface area contributed by atoms with Crippen LogP contribution in [0, 0.1) is 0 Å². The number of ether oxygens (including phenoxy) is 1. The van der Waals surface area contributed by atoms with Gasteiger partial charge in [0.05, 0.1) is 11.5 Å². The van der Waals surface area contributed by atoms with Gasteiger partial charge >= 0.3 is 6.09 Å². The normalized spacial score (nSPS) is 28.2. The van der Waals surface area contributed by atoms with Gasteiger partial charge in [-0.15, -0.1) is 0 Å². The van der Waals surface area contributed by atoms with Crippen LogP contribution in [-0.2, 0) is 14.6 Å². The van der Waals surface area contributed by atoms with Crippen molar-refractivity contribution in [3.8, 4) is 0 Å². The third kappa shape index (κ3) is 5.22. The molecule has 0 bridgehead atoms. The quantitative estimate of drug-likeness (QED) is 0.724. The third-order valence-corrected chi connectivity index (χ3v) is 4.44. The molecule has 7 heteroatoms. The summed E-state index contributed by atoms with van der Waals surface area (Å²) in [6.07, 6.45) is 0.146. The van der Waals surface area contributed by atoms with Crippen LogP contribution >= 0.6 is 0 Å².